The van der Waals surface area contributed by atoms with Gasteiger partial charge < -0.3 is 19.8 Å². The zero-order chi connectivity index (χ0) is 18.7. The molecule has 4 nitrogen and oxygen atoms in total. The normalized spacial score (nSPS) is 26.7. The van der Waals surface area contributed by atoms with Gasteiger partial charge >= 0.3 is 80.8 Å². The van der Waals surface area contributed by atoms with Gasteiger partial charge in [0, 0.05) is 11.9 Å². The summed E-state index contributed by atoms with van der Waals surface area (Å²) in [6.45, 7) is 4.46. The maximum absolute atomic E-state index is 10.3. The molecular weight excluding hydrogens is 617 g/mol. The summed E-state index contributed by atoms with van der Waals surface area (Å²) in [7, 11) is 0. The van der Waals surface area contributed by atoms with Gasteiger partial charge in [-0.05, 0) is 55.8 Å². The van der Waals surface area contributed by atoms with Crippen molar-refractivity contribution in [1.82, 2.24) is 0 Å². The molecule has 0 bridgehead atoms. The number of hydrogen-bond donors (Lipinski definition) is 0. The topological polar surface area (TPSA) is 80.3 Å². The van der Waals surface area contributed by atoms with Crippen LogP contribution in [-0.4, -0.2) is 11.9 Å². The van der Waals surface area contributed by atoms with Crippen LogP contribution in [0.2, 0.25) is 0 Å². The average Bonchev–Trinajstić information content (AvgIpc) is 3.07. The first-order chi connectivity index (χ1) is 11.9. The molecule has 0 amide bonds. The molecule has 0 spiro atoms. The minimum Gasteiger partial charge on any atom is -0.550 e. The molecular formula is C21H36O4Sm2+4. The third kappa shape index (κ3) is 15.1. The van der Waals surface area contributed by atoms with Crippen molar-refractivity contribution < 1.29 is 101 Å². The van der Waals surface area contributed by atoms with Crippen molar-refractivity contribution in [2.24, 2.45) is 23.7 Å². The number of aliphatic carboxylic acids is 2. The SMILES string of the molecule is CCC1CCC(CCC(=O)[O-])C1.CCC1CCC(CCC(=O)[O-])CC1.[Sm+3].[Sm+3]. The Morgan fingerprint density at radius 3 is 1.44 bits per heavy atom. The number of hydrogen-bond acceptors (Lipinski definition) is 4. The van der Waals surface area contributed by atoms with Crippen molar-refractivity contribution in [3.8, 4) is 0 Å². The molecule has 0 heterocycles. The summed E-state index contributed by atoms with van der Waals surface area (Å²) in [6.07, 6.45) is 13.5. The molecule has 0 saturated heterocycles. The molecule has 27 heavy (non-hydrogen) atoms. The second-order valence-corrected chi connectivity index (χ2v) is 8.07. The van der Waals surface area contributed by atoms with Crippen LogP contribution >= 0.6 is 0 Å². The van der Waals surface area contributed by atoms with E-state index in [1.54, 1.807) is 0 Å². The zero-order valence-corrected chi connectivity index (χ0v) is 22.2. The number of carboxylic acid groups (broad SMARTS) is 2. The molecule has 152 valence electrons. The molecule has 2 unspecified atom stereocenters. The Balaban J connectivity index is 0. The van der Waals surface area contributed by atoms with Crippen LogP contribution in [0.3, 0.4) is 0 Å². The molecule has 0 aliphatic heterocycles. The summed E-state index contributed by atoms with van der Waals surface area (Å²) >= 11 is 0. The van der Waals surface area contributed by atoms with E-state index >= 15 is 0 Å². The standard InChI is InChI=1S/C11H20O2.C10H18O2.2Sm/c1-2-9-3-5-10(6-4-9)7-8-11(12)13;1-2-8-3-4-9(7-8)5-6-10(11)12;;/h9-10H,2-8H2,1H3,(H,12,13);8-9H,2-7H2,1H3,(H,11,12);;/q;;2*+3/p-2. The van der Waals surface area contributed by atoms with Gasteiger partial charge in [-0.15, -0.1) is 0 Å². The molecule has 2 radical (unpaired) electrons. The first-order valence-corrected chi connectivity index (χ1v) is 10.3. The molecule has 2 rings (SSSR count). The molecule has 2 aliphatic carbocycles. The largest absolute Gasteiger partial charge is 3.00 e. The molecule has 0 aromatic carbocycles. The van der Waals surface area contributed by atoms with Crippen molar-refractivity contribution in [2.75, 3.05) is 0 Å². The van der Waals surface area contributed by atoms with Gasteiger partial charge in [-0.2, -0.15) is 0 Å². The summed E-state index contributed by atoms with van der Waals surface area (Å²) in [5, 5.41) is 20.4. The van der Waals surface area contributed by atoms with Crippen molar-refractivity contribution in [1.29, 1.82) is 0 Å². The Kier molecular flexibility index (Phi) is 21.0. The number of carboxylic acids is 2. The maximum atomic E-state index is 10.3. The Morgan fingerprint density at radius 1 is 0.667 bits per heavy atom. The van der Waals surface area contributed by atoms with Crippen LogP contribution in [0.15, 0.2) is 0 Å². The maximum Gasteiger partial charge on any atom is 3.00 e. The van der Waals surface area contributed by atoms with Crippen LogP contribution in [0.5, 0.6) is 0 Å². The molecule has 0 N–H and O–H groups in total. The van der Waals surface area contributed by atoms with E-state index in [-0.39, 0.29) is 93.6 Å². The second kappa shape index (κ2) is 18.4. The first kappa shape index (κ1) is 30.8. The van der Waals surface area contributed by atoms with E-state index in [1.807, 2.05) is 0 Å². The van der Waals surface area contributed by atoms with Crippen LogP contribution < -0.4 is 10.2 Å². The fraction of sp³-hybridized carbons (Fsp3) is 0.905. The second-order valence-electron chi connectivity index (χ2n) is 8.07. The van der Waals surface area contributed by atoms with Crippen molar-refractivity contribution >= 4 is 11.9 Å². The molecule has 2 fully saturated rings. The van der Waals surface area contributed by atoms with Gasteiger partial charge in [-0.25, -0.2) is 0 Å². The Hall–Kier alpha value is 1.62. The van der Waals surface area contributed by atoms with Crippen molar-refractivity contribution in [3.05, 3.63) is 0 Å². The smallest absolute Gasteiger partial charge is 0.550 e. The summed E-state index contributed by atoms with van der Waals surface area (Å²) in [5.74, 6) is 1.29. The Labute approximate surface area is 230 Å². The van der Waals surface area contributed by atoms with E-state index in [9.17, 15) is 19.8 Å². The van der Waals surface area contributed by atoms with Gasteiger partial charge in [0.15, 0.2) is 0 Å². The van der Waals surface area contributed by atoms with Crippen molar-refractivity contribution in [3.63, 3.8) is 0 Å². The van der Waals surface area contributed by atoms with Crippen LogP contribution in [-0.2, 0) is 9.59 Å². The number of carbonyl (C=O) groups excluding carboxylic acids is 2. The summed E-state index contributed by atoms with van der Waals surface area (Å²) in [5.41, 5.74) is 0. The van der Waals surface area contributed by atoms with E-state index in [1.165, 1.54) is 57.8 Å². The van der Waals surface area contributed by atoms with Gasteiger partial charge in [0.2, 0.25) is 0 Å². The summed E-state index contributed by atoms with van der Waals surface area (Å²) in [4.78, 5) is 20.4. The van der Waals surface area contributed by atoms with E-state index in [0.717, 1.165) is 24.7 Å². The Bertz CT molecular complexity index is 396. The molecule has 0 aromatic rings. The van der Waals surface area contributed by atoms with Gasteiger partial charge in [0.05, 0.1) is 0 Å². The molecule has 2 aliphatic rings. The fourth-order valence-electron chi connectivity index (χ4n) is 4.38. The number of rotatable bonds is 8. The minimum atomic E-state index is -0.894. The average molecular weight is 653 g/mol. The van der Waals surface area contributed by atoms with Crippen LogP contribution in [0.1, 0.15) is 97.3 Å². The predicted molar refractivity (Wildman–Crippen MR) is 95.3 cm³/mol. The quantitative estimate of drug-likeness (QED) is 0.404. The zero-order valence-electron chi connectivity index (χ0n) is 17.0. The van der Waals surface area contributed by atoms with Crippen LogP contribution in [0.25, 0.3) is 0 Å². The molecule has 2 saturated carbocycles. The van der Waals surface area contributed by atoms with Gasteiger partial charge in [0.1, 0.15) is 0 Å². The van der Waals surface area contributed by atoms with Crippen LogP contribution in [0.4, 0.5) is 0 Å². The monoisotopic (exact) mass is 656 g/mol. The Morgan fingerprint density at radius 2 is 1.04 bits per heavy atom. The van der Waals surface area contributed by atoms with Gasteiger partial charge in [-0.3, -0.25) is 0 Å². The van der Waals surface area contributed by atoms with Crippen molar-refractivity contribution in [2.45, 2.75) is 97.3 Å². The predicted octanol–water partition coefficient (Wildman–Crippen LogP) is 3.08. The molecule has 6 heteroatoms. The third-order valence-electron chi connectivity index (χ3n) is 6.28. The minimum absolute atomic E-state index is 0. The third-order valence-corrected chi connectivity index (χ3v) is 6.28. The van der Waals surface area contributed by atoms with E-state index < -0.39 is 11.9 Å². The van der Waals surface area contributed by atoms with Crippen LogP contribution in [0, 0.1) is 104 Å². The van der Waals surface area contributed by atoms with E-state index in [2.05, 4.69) is 13.8 Å². The first-order valence-electron chi connectivity index (χ1n) is 10.3. The van der Waals surface area contributed by atoms with Gasteiger partial charge in [0.25, 0.3) is 0 Å². The fourth-order valence-corrected chi connectivity index (χ4v) is 4.38. The van der Waals surface area contributed by atoms with E-state index in [4.69, 9.17) is 0 Å². The van der Waals surface area contributed by atoms with Gasteiger partial charge in [-0.1, -0.05) is 65.2 Å². The molecule has 0 aromatic heterocycles. The summed E-state index contributed by atoms with van der Waals surface area (Å²) in [6, 6.07) is 0. The van der Waals surface area contributed by atoms with E-state index in [0.29, 0.717) is 11.8 Å². The number of carbonyl (C=O) groups is 2. The molecule has 2 atom stereocenters. The summed E-state index contributed by atoms with van der Waals surface area (Å²) < 4.78 is 0.